The average molecular weight is 308 g/mol. The van der Waals surface area contributed by atoms with Crippen molar-refractivity contribution >= 4 is 49.7 Å². The highest BCUT2D eigenvalue weighted by Crippen LogP contribution is 2.33. The number of fused-ring (bicyclic) bond motifs is 1. The Kier molecular flexibility index (Phi) is 3.50. The molecule has 2 aromatic heterocycles. The predicted octanol–water partition coefficient (Wildman–Crippen LogP) is 4.56. The highest BCUT2D eigenvalue weighted by Gasteiger charge is 2.10. The second-order valence-corrected chi connectivity index (χ2v) is 6.93. The zero-order valence-electron chi connectivity index (χ0n) is 9.61. The van der Waals surface area contributed by atoms with E-state index in [4.69, 9.17) is 0 Å². The van der Waals surface area contributed by atoms with Crippen molar-refractivity contribution in [1.82, 2.24) is 4.98 Å². The van der Waals surface area contributed by atoms with Gasteiger partial charge in [-0.15, -0.1) is 11.3 Å². The molecular formula is C12H8N2O2S3. The van der Waals surface area contributed by atoms with E-state index in [2.05, 4.69) is 4.98 Å². The molecule has 0 fully saturated rings. The third kappa shape index (κ3) is 2.78. The van der Waals surface area contributed by atoms with E-state index in [-0.39, 0.29) is 9.92 Å². The molecule has 0 aliphatic rings. The first kappa shape index (κ1) is 12.6. The predicted molar refractivity (Wildman–Crippen MR) is 80.2 cm³/mol. The van der Waals surface area contributed by atoms with Gasteiger partial charge in [0.2, 0.25) is 0 Å². The van der Waals surface area contributed by atoms with Gasteiger partial charge in [0.05, 0.1) is 15.1 Å². The molecular weight excluding hydrogens is 300 g/mol. The standard InChI is InChI=1S/C12H8N2O2S3/c15-14(16)11-5-8(6-17-11)7-18-12-13-9-3-1-2-4-10(9)19-12/h1-6H,7H2. The van der Waals surface area contributed by atoms with Crippen LogP contribution in [0.4, 0.5) is 5.00 Å². The van der Waals surface area contributed by atoms with E-state index in [9.17, 15) is 10.1 Å². The summed E-state index contributed by atoms with van der Waals surface area (Å²) < 4.78 is 2.16. The van der Waals surface area contributed by atoms with Gasteiger partial charge in [-0.2, -0.15) is 0 Å². The molecule has 19 heavy (non-hydrogen) atoms. The molecule has 0 N–H and O–H groups in total. The zero-order chi connectivity index (χ0) is 13.2. The van der Waals surface area contributed by atoms with Gasteiger partial charge in [-0.1, -0.05) is 35.2 Å². The van der Waals surface area contributed by atoms with Crippen molar-refractivity contribution in [1.29, 1.82) is 0 Å². The summed E-state index contributed by atoms with van der Waals surface area (Å²) in [6, 6.07) is 9.64. The molecule has 0 unspecified atom stereocenters. The van der Waals surface area contributed by atoms with Crippen LogP contribution in [0.5, 0.6) is 0 Å². The largest absolute Gasteiger partial charge is 0.324 e. The summed E-state index contributed by atoms with van der Waals surface area (Å²) in [7, 11) is 0. The number of hydrogen-bond donors (Lipinski definition) is 0. The Morgan fingerprint density at radius 3 is 2.95 bits per heavy atom. The number of nitrogens with zero attached hydrogens (tertiary/aromatic N) is 2. The van der Waals surface area contributed by atoms with Crippen molar-refractivity contribution in [3.63, 3.8) is 0 Å². The SMILES string of the molecule is O=[N+]([O-])c1cc(CSc2nc3ccccc3s2)cs1. The zero-order valence-corrected chi connectivity index (χ0v) is 12.1. The minimum atomic E-state index is -0.351. The fraction of sp³-hybridized carbons (Fsp3) is 0.0833. The third-order valence-corrected chi connectivity index (χ3v) is 5.64. The molecule has 4 nitrogen and oxygen atoms in total. The molecule has 7 heteroatoms. The first-order valence-electron chi connectivity index (χ1n) is 5.42. The Hall–Kier alpha value is -1.44. The highest BCUT2D eigenvalue weighted by atomic mass is 32.2. The van der Waals surface area contributed by atoms with Gasteiger partial charge >= 0.3 is 5.00 Å². The van der Waals surface area contributed by atoms with Crippen molar-refractivity contribution in [2.75, 3.05) is 0 Å². The molecule has 0 atom stereocenters. The first-order chi connectivity index (χ1) is 9.22. The Morgan fingerprint density at radius 1 is 1.37 bits per heavy atom. The van der Waals surface area contributed by atoms with E-state index in [1.54, 1.807) is 29.2 Å². The molecule has 0 aliphatic heterocycles. The Morgan fingerprint density at radius 2 is 2.21 bits per heavy atom. The van der Waals surface area contributed by atoms with Crippen LogP contribution < -0.4 is 0 Å². The first-order valence-corrected chi connectivity index (χ1v) is 8.11. The normalized spacial score (nSPS) is 10.9. The maximum atomic E-state index is 10.6. The number of thioether (sulfide) groups is 1. The van der Waals surface area contributed by atoms with Crippen LogP contribution in [0.3, 0.4) is 0 Å². The maximum Gasteiger partial charge on any atom is 0.324 e. The smallest absolute Gasteiger partial charge is 0.258 e. The fourth-order valence-corrected chi connectivity index (χ4v) is 4.42. The summed E-state index contributed by atoms with van der Waals surface area (Å²) in [5.74, 6) is 0.712. The monoisotopic (exact) mass is 308 g/mol. The van der Waals surface area contributed by atoms with E-state index in [1.807, 2.05) is 29.6 Å². The van der Waals surface area contributed by atoms with Crippen molar-refractivity contribution < 1.29 is 4.92 Å². The van der Waals surface area contributed by atoms with Gasteiger partial charge in [0.25, 0.3) is 0 Å². The number of thiazole rings is 1. The van der Waals surface area contributed by atoms with Crippen molar-refractivity contribution in [3.05, 3.63) is 51.4 Å². The lowest BCUT2D eigenvalue weighted by molar-refractivity contribution is -0.380. The molecule has 0 amide bonds. The molecule has 3 aromatic rings. The van der Waals surface area contributed by atoms with Crippen LogP contribution in [0.1, 0.15) is 5.56 Å². The average Bonchev–Trinajstić information content (AvgIpc) is 3.02. The van der Waals surface area contributed by atoms with E-state index >= 15 is 0 Å². The van der Waals surface area contributed by atoms with Crippen LogP contribution in [-0.4, -0.2) is 9.91 Å². The number of para-hydroxylation sites is 1. The second kappa shape index (κ2) is 5.28. The number of hydrogen-bond acceptors (Lipinski definition) is 6. The fourth-order valence-electron chi connectivity index (χ4n) is 1.59. The molecule has 1 aromatic carbocycles. The molecule has 0 saturated heterocycles. The van der Waals surface area contributed by atoms with Gasteiger partial charge < -0.3 is 0 Å². The van der Waals surface area contributed by atoms with Crippen LogP contribution in [-0.2, 0) is 5.75 Å². The third-order valence-electron chi connectivity index (χ3n) is 2.46. The van der Waals surface area contributed by atoms with Gasteiger partial charge in [-0.3, -0.25) is 10.1 Å². The van der Waals surface area contributed by atoms with E-state index in [0.717, 1.165) is 15.4 Å². The summed E-state index contributed by atoms with van der Waals surface area (Å²) in [6.07, 6.45) is 0. The summed E-state index contributed by atoms with van der Waals surface area (Å²) in [5, 5.41) is 12.6. The number of nitro groups is 1. The second-order valence-electron chi connectivity index (χ2n) is 3.79. The summed E-state index contributed by atoms with van der Waals surface area (Å²) in [6.45, 7) is 0. The lowest BCUT2D eigenvalue weighted by Gasteiger charge is -1.92. The van der Waals surface area contributed by atoms with Crippen LogP contribution in [0, 0.1) is 10.1 Å². The molecule has 0 saturated carbocycles. The molecule has 96 valence electrons. The van der Waals surface area contributed by atoms with Crippen molar-refractivity contribution in [2.45, 2.75) is 10.1 Å². The molecule has 3 rings (SSSR count). The number of benzene rings is 1. The Bertz CT molecular complexity index is 702. The molecule has 0 radical (unpaired) electrons. The Balaban J connectivity index is 1.72. The molecule has 0 aliphatic carbocycles. The molecule has 0 spiro atoms. The number of aromatic nitrogens is 1. The van der Waals surface area contributed by atoms with Crippen molar-refractivity contribution in [3.8, 4) is 0 Å². The number of rotatable bonds is 4. The molecule has 0 bridgehead atoms. The lowest BCUT2D eigenvalue weighted by atomic mass is 10.3. The minimum Gasteiger partial charge on any atom is -0.258 e. The van der Waals surface area contributed by atoms with Gasteiger partial charge in [0, 0.05) is 17.2 Å². The maximum absolute atomic E-state index is 10.6. The van der Waals surface area contributed by atoms with Crippen LogP contribution in [0.2, 0.25) is 0 Å². The summed E-state index contributed by atoms with van der Waals surface area (Å²) >= 11 is 4.44. The highest BCUT2D eigenvalue weighted by molar-refractivity contribution is 8.00. The molecule has 2 heterocycles. The number of thiophene rings is 1. The lowest BCUT2D eigenvalue weighted by Crippen LogP contribution is -1.82. The summed E-state index contributed by atoms with van der Waals surface area (Å²) in [4.78, 5) is 14.8. The van der Waals surface area contributed by atoms with Gasteiger partial charge in [0.15, 0.2) is 4.34 Å². The topological polar surface area (TPSA) is 56.0 Å². The van der Waals surface area contributed by atoms with Crippen LogP contribution in [0.25, 0.3) is 10.2 Å². The van der Waals surface area contributed by atoms with Gasteiger partial charge in [-0.05, 0) is 17.7 Å². The van der Waals surface area contributed by atoms with Crippen LogP contribution >= 0.6 is 34.4 Å². The minimum absolute atomic E-state index is 0.194. The quantitative estimate of drug-likeness (QED) is 0.403. The Labute approximate surface area is 121 Å². The van der Waals surface area contributed by atoms with Gasteiger partial charge in [0.1, 0.15) is 0 Å². The summed E-state index contributed by atoms with van der Waals surface area (Å²) in [5.41, 5.74) is 1.98. The van der Waals surface area contributed by atoms with E-state index < -0.39 is 0 Å². The van der Waals surface area contributed by atoms with Crippen molar-refractivity contribution in [2.24, 2.45) is 0 Å². The van der Waals surface area contributed by atoms with E-state index in [1.165, 1.54) is 16.0 Å². The van der Waals surface area contributed by atoms with Gasteiger partial charge in [-0.25, -0.2) is 4.98 Å². The van der Waals surface area contributed by atoms with Crippen LogP contribution in [0.15, 0.2) is 40.1 Å². The van der Waals surface area contributed by atoms with E-state index in [0.29, 0.717) is 5.75 Å².